The van der Waals surface area contributed by atoms with Crippen molar-refractivity contribution in [1.82, 2.24) is 10.3 Å². The van der Waals surface area contributed by atoms with E-state index in [1.54, 1.807) is 6.07 Å². The maximum absolute atomic E-state index is 12.0. The summed E-state index contributed by atoms with van der Waals surface area (Å²) in [5, 5.41) is 3.80. The SMILES string of the molecule is Cc1ccc2cc(CC(=O)NC(C)(C)C)c(=O)[nH]c2c1. The van der Waals surface area contributed by atoms with Crippen LogP contribution in [-0.2, 0) is 11.2 Å². The molecule has 0 fully saturated rings. The first-order valence-electron chi connectivity index (χ1n) is 6.68. The van der Waals surface area contributed by atoms with Gasteiger partial charge in [-0.25, -0.2) is 0 Å². The van der Waals surface area contributed by atoms with E-state index < -0.39 is 0 Å². The number of carbonyl (C=O) groups is 1. The van der Waals surface area contributed by atoms with Crippen LogP contribution in [0.4, 0.5) is 0 Å². The molecule has 0 radical (unpaired) electrons. The molecule has 0 aliphatic carbocycles. The minimum Gasteiger partial charge on any atom is -0.351 e. The third-order valence-corrected chi connectivity index (χ3v) is 2.94. The zero-order valence-electron chi connectivity index (χ0n) is 12.3. The summed E-state index contributed by atoms with van der Waals surface area (Å²) in [6.07, 6.45) is 0.0937. The number of aryl methyl sites for hydroxylation is 1. The number of pyridine rings is 1. The van der Waals surface area contributed by atoms with Crippen molar-refractivity contribution in [2.24, 2.45) is 0 Å². The molecule has 0 atom stereocenters. The molecule has 1 aromatic heterocycles. The van der Waals surface area contributed by atoms with Crippen molar-refractivity contribution >= 4 is 16.8 Å². The van der Waals surface area contributed by atoms with E-state index in [-0.39, 0.29) is 23.4 Å². The fourth-order valence-corrected chi connectivity index (χ4v) is 2.13. The molecule has 20 heavy (non-hydrogen) atoms. The number of hydrogen-bond acceptors (Lipinski definition) is 2. The first-order valence-corrected chi connectivity index (χ1v) is 6.68. The van der Waals surface area contributed by atoms with Crippen molar-refractivity contribution in [2.45, 2.75) is 39.7 Å². The zero-order chi connectivity index (χ0) is 14.9. The van der Waals surface area contributed by atoms with Gasteiger partial charge < -0.3 is 10.3 Å². The normalized spacial score (nSPS) is 11.6. The zero-order valence-corrected chi connectivity index (χ0v) is 12.3. The van der Waals surface area contributed by atoms with Crippen LogP contribution in [0.25, 0.3) is 10.9 Å². The maximum Gasteiger partial charge on any atom is 0.252 e. The van der Waals surface area contributed by atoms with Crippen LogP contribution in [0.15, 0.2) is 29.1 Å². The summed E-state index contributed by atoms with van der Waals surface area (Å²) in [6, 6.07) is 7.65. The van der Waals surface area contributed by atoms with Gasteiger partial charge in [0.2, 0.25) is 5.91 Å². The van der Waals surface area contributed by atoms with Crippen molar-refractivity contribution in [2.75, 3.05) is 0 Å². The molecule has 0 saturated carbocycles. The molecular formula is C16H20N2O2. The van der Waals surface area contributed by atoms with E-state index in [1.165, 1.54) is 0 Å². The highest BCUT2D eigenvalue weighted by molar-refractivity contribution is 5.83. The van der Waals surface area contributed by atoms with Crippen LogP contribution in [0.3, 0.4) is 0 Å². The average molecular weight is 272 g/mol. The largest absolute Gasteiger partial charge is 0.351 e. The Morgan fingerprint density at radius 3 is 2.60 bits per heavy atom. The van der Waals surface area contributed by atoms with Gasteiger partial charge in [-0.2, -0.15) is 0 Å². The molecule has 2 aromatic rings. The number of hydrogen-bond donors (Lipinski definition) is 2. The third kappa shape index (κ3) is 3.47. The highest BCUT2D eigenvalue weighted by Crippen LogP contribution is 2.13. The van der Waals surface area contributed by atoms with Gasteiger partial charge in [-0.05, 0) is 50.8 Å². The summed E-state index contributed by atoms with van der Waals surface area (Å²) in [6.45, 7) is 7.72. The number of fused-ring (bicyclic) bond motifs is 1. The van der Waals surface area contributed by atoms with Crippen LogP contribution in [0.5, 0.6) is 0 Å². The summed E-state index contributed by atoms with van der Waals surface area (Å²) in [5.74, 6) is -0.144. The standard InChI is InChI=1S/C16H20N2O2/c1-10-5-6-11-8-12(15(20)17-13(11)7-10)9-14(19)18-16(2,3)4/h5-8H,9H2,1-4H3,(H,17,20)(H,18,19). The lowest BCUT2D eigenvalue weighted by Gasteiger charge is -2.20. The van der Waals surface area contributed by atoms with E-state index in [2.05, 4.69) is 10.3 Å². The van der Waals surface area contributed by atoms with Gasteiger partial charge in [-0.1, -0.05) is 12.1 Å². The minimum atomic E-state index is -0.294. The Bertz CT molecular complexity index is 708. The molecule has 0 bridgehead atoms. The minimum absolute atomic E-state index is 0.0937. The average Bonchev–Trinajstić information content (AvgIpc) is 2.28. The molecule has 0 aliphatic rings. The molecule has 2 rings (SSSR count). The Hall–Kier alpha value is -2.10. The van der Waals surface area contributed by atoms with Crippen LogP contribution < -0.4 is 10.9 Å². The second kappa shape index (κ2) is 5.12. The predicted molar refractivity (Wildman–Crippen MR) is 80.9 cm³/mol. The Labute approximate surface area is 118 Å². The van der Waals surface area contributed by atoms with Gasteiger partial charge in [0.1, 0.15) is 0 Å². The Morgan fingerprint density at radius 2 is 1.95 bits per heavy atom. The lowest BCUT2D eigenvalue weighted by Crippen LogP contribution is -2.42. The second-order valence-corrected chi connectivity index (χ2v) is 6.19. The number of aromatic nitrogens is 1. The molecule has 0 spiro atoms. The Balaban J connectivity index is 2.31. The molecule has 2 N–H and O–H groups in total. The number of amides is 1. The van der Waals surface area contributed by atoms with Crippen molar-refractivity contribution in [3.63, 3.8) is 0 Å². The van der Waals surface area contributed by atoms with Gasteiger partial charge in [-0.15, -0.1) is 0 Å². The van der Waals surface area contributed by atoms with Crippen LogP contribution >= 0.6 is 0 Å². The number of aromatic amines is 1. The number of carbonyl (C=O) groups excluding carboxylic acids is 1. The molecule has 4 nitrogen and oxygen atoms in total. The van der Waals surface area contributed by atoms with Gasteiger partial charge in [0.15, 0.2) is 0 Å². The predicted octanol–water partition coefficient (Wildman–Crippen LogP) is 2.29. The third-order valence-electron chi connectivity index (χ3n) is 2.94. The molecule has 4 heteroatoms. The number of rotatable bonds is 2. The highest BCUT2D eigenvalue weighted by Gasteiger charge is 2.15. The van der Waals surface area contributed by atoms with Crippen LogP contribution in [0.2, 0.25) is 0 Å². The Morgan fingerprint density at radius 1 is 1.25 bits per heavy atom. The number of H-pyrrole nitrogens is 1. The summed E-state index contributed by atoms with van der Waals surface area (Å²) < 4.78 is 0. The molecule has 1 aromatic carbocycles. The van der Waals surface area contributed by atoms with Gasteiger partial charge in [-0.3, -0.25) is 9.59 Å². The van der Waals surface area contributed by atoms with E-state index in [9.17, 15) is 9.59 Å². The van der Waals surface area contributed by atoms with E-state index in [0.717, 1.165) is 16.5 Å². The van der Waals surface area contributed by atoms with Gasteiger partial charge >= 0.3 is 0 Å². The molecule has 1 heterocycles. The smallest absolute Gasteiger partial charge is 0.252 e. The van der Waals surface area contributed by atoms with E-state index in [1.807, 2.05) is 45.9 Å². The van der Waals surface area contributed by atoms with Gasteiger partial charge in [0, 0.05) is 16.6 Å². The molecule has 1 amide bonds. The number of nitrogens with one attached hydrogen (secondary N) is 2. The summed E-state index contributed by atoms with van der Waals surface area (Å²) in [5.41, 5.74) is 1.88. The molecule has 0 unspecified atom stereocenters. The lowest BCUT2D eigenvalue weighted by atomic mass is 10.1. The quantitative estimate of drug-likeness (QED) is 0.881. The van der Waals surface area contributed by atoms with E-state index in [4.69, 9.17) is 0 Å². The fraction of sp³-hybridized carbons (Fsp3) is 0.375. The van der Waals surface area contributed by atoms with Crippen molar-refractivity contribution < 1.29 is 4.79 Å². The molecular weight excluding hydrogens is 252 g/mol. The van der Waals surface area contributed by atoms with Crippen molar-refractivity contribution in [1.29, 1.82) is 0 Å². The van der Waals surface area contributed by atoms with E-state index >= 15 is 0 Å². The van der Waals surface area contributed by atoms with Gasteiger partial charge in [0.05, 0.1) is 6.42 Å². The van der Waals surface area contributed by atoms with Crippen molar-refractivity contribution in [3.8, 4) is 0 Å². The molecule has 106 valence electrons. The number of benzene rings is 1. The van der Waals surface area contributed by atoms with Crippen molar-refractivity contribution in [3.05, 3.63) is 45.7 Å². The summed E-state index contributed by atoms with van der Waals surface area (Å²) in [4.78, 5) is 26.7. The second-order valence-electron chi connectivity index (χ2n) is 6.19. The van der Waals surface area contributed by atoms with Crippen LogP contribution in [0, 0.1) is 6.92 Å². The molecule has 0 aliphatic heterocycles. The summed E-state index contributed by atoms with van der Waals surface area (Å²) in [7, 11) is 0. The fourth-order valence-electron chi connectivity index (χ4n) is 2.13. The first-order chi connectivity index (χ1) is 9.24. The Kier molecular flexibility index (Phi) is 3.66. The monoisotopic (exact) mass is 272 g/mol. The topological polar surface area (TPSA) is 62.0 Å². The van der Waals surface area contributed by atoms with Crippen LogP contribution in [-0.4, -0.2) is 16.4 Å². The maximum atomic E-state index is 12.0. The summed E-state index contributed by atoms with van der Waals surface area (Å²) >= 11 is 0. The molecule has 0 saturated heterocycles. The van der Waals surface area contributed by atoms with Gasteiger partial charge in [0.25, 0.3) is 5.56 Å². The lowest BCUT2D eigenvalue weighted by molar-refractivity contribution is -0.121. The highest BCUT2D eigenvalue weighted by atomic mass is 16.2. The van der Waals surface area contributed by atoms with Crippen LogP contribution in [0.1, 0.15) is 31.9 Å². The first kappa shape index (κ1) is 14.3. The van der Waals surface area contributed by atoms with E-state index in [0.29, 0.717) is 5.56 Å².